The van der Waals surface area contributed by atoms with Gasteiger partial charge in [0.15, 0.2) is 53.4 Å². The number of fused-ring (bicyclic) bond motifs is 3. The van der Waals surface area contributed by atoms with Crippen molar-refractivity contribution in [2.45, 2.75) is 164 Å². The first-order valence-corrected chi connectivity index (χ1v) is 20.2. The van der Waals surface area contributed by atoms with E-state index in [9.17, 15) is 44.4 Å². The fourth-order valence-electron chi connectivity index (χ4n) is 9.57. The van der Waals surface area contributed by atoms with E-state index in [1.165, 1.54) is 24.3 Å². The number of hydrogen-bond donors (Lipinski definition) is 4. The highest BCUT2D eigenvalue weighted by molar-refractivity contribution is 6.32. The molecule has 16 heteroatoms. The van der Waals surface area contributed by atoms with Crippen molar-refractivity contribution in [3.05, 3.63) is 64.3 Å². The van der Waals surface area contributed by atoms with Crippen molar-refractivity contribution in [3.63, 3.8) is 0 Å². The Morgan fingerprint density at radius 2 is 1.59 bits per heavy atom. The second kappa shape index (κ2) is 15.3. The minimum atomic E-state index is -2.81. The van der Waals surface area contributed by atoms with Gasteiger partial charge in [0.2, 0.25) is 0 Å². The highest BCUT2D eigenvalue weighted by atomic mass is 16.7. The van der Waals surface area contributed by atoms with Gasteiger partial charge in [-0.05, 0) is 65.3 Å². The van der Waals surface area contributed by atoms with Gasteiger partial charge in [-0.15, -0.1) is 0 Å². The van der Waals surface area contributed by atoms with Gasteiger partial charge in [0.25, 0.3) is 0 Å². The summed E-state index contributed by atoms with van der Waals surface area (Å²) in [6.45, 7) is 8.36. The number of benzene rings is 1. The molecule has 0 radical (unpaired) electrons. The zero-order valence-electron chi connectivity index (χ0n) is 33.5. The number of carbonyl (C=O) groups is 5. The third kappa shape index (κ3) is 7.20. The largest absolute Gasteiger partial charge is 0.507 e. The molecule has 14 atom stereocenters. The number of aliphatic hydroxyl groups excluding tert-OH is 1. The summed E-state index contributed by atoms with van der Waals surface area (Å²) in [5.41, 5.74) is -7.99. The lowest BCUT2D eigenvalue weighted by atomic mass is 9.57. The van der Waals surface area contributed by atoms with Crippen molar-refractivity contribution in [2.75, 3.05) is 0 Å². The summed E-state index contributed by atoms with van der Waals surface area (Å²) in [6, 6.07) is 2.69. The molecule has 4 heterocycles. The average molecular weight is 823 g/mol. The third-order valence-electron chi connectivity index (χ3n) is 12.7. The van der Waals surface area contributed by atoms with Crippen LogP contribution < -0.4 is 0 Å². The van der Waals surface area contributed by atoms with E-state index in [-0.39, 0.29) is 65.6 Å². The molecule has 1 aromatic rings. The number of phenols is 1. The maximum absolute atomic E-state index is 14.2. The van der Waals surface area contributed by atoms with Crippen molar-refractivity contribution in [1.29, 1.82) is 0 Å². The number of hydrogen-bond acceptors (Lipinski definition) is 16. The van der Waals surface area contributed by atoms with E-state index in [0.717, 1.165) is 6.08 Å². The van der Waals surface area contributed by atoms with Crippen LogP contribution in [0.1, 0.15) is 112 Å². The summed E-state index contributed by atoms with van der Waals surface area (Å²) >= 11 is 0. The van der Waals surface area contributed by atoms with E-state index < -0.39 is 113 Å². The molecule has 0 amide bonds. The van der Waals surface area contributed by atoms with Gasteiger partial charge < -0.3 is 53.6 Å². The second-order valence-corrected chi connectivity index (χ2v) is 17.1. The highest BCUT2D eigenvalue weighted by Crippen LogP contribution is 2.53. The zero-order chi connectivity index (χ0) is 42.3. The van der Waals surface area contributed by atoms with Crippen LogP contribution in [0.3, 0.4) is 0 Å². The number of phenolic OH excluding ortho intramolecular Hbond substituents is 1. The van der Waals surface area contributed by atoms with Crippen LogP contribution in [0.5, 0.6) is 5.75 Å². The van der Waals surface area contributed by atoms with Crippen LogP contribution in [0.15, 0.2) is 47.6 Å². The Kier molecular flexibility index (Phi) is 10.8. The summed E-state index contributed by atoms with van der Waals surface area (Å²) in [5.74, 6) is -3.50. The molecule has 0 unspecified atom stereocenters. The van der Waals surface area contributed by atoms with Gasteiger partial charge in [-0.1, -0.05) is 12.1 Å². The molecule has 16 nitrogen and oxygen atoms in total. The zero-order valence-corrected chi connectivity index (χ0v) is 33.5. The minimum absolute atomic E-state index is 0.0448. The first-order valence-electron chi connectivity index (χ1n) is 20.2. The molecule has 4 N–H and O–H groups in total. The van der Waals surface area contributed by atoms with E-state index in [1.54, 1.807) is 33.8 Å². The number of ether oxygens (including phenoxy) is 7. The maximum Gasteiger partial charge on any atom is 0.198 e. The Balaban J connectivity index is 0.949. The second-order valence-electron chi connectivity index (χ2n) is 17.1. The lowest BCUT2D eigenvalue weighted by molar-refractivity contribution is -0.292. The first-order chi connectivity index (χ1) is 27.8. The molecule has 8 rings (SSSR count). The molecule has 0 spiro atoms. The molecule has 3 aliphatic carbocycles. The van der Waals surface area contributed by atoms with E-state index in [2.05, 4.69) is 0 Å². The van der Waals surface area contributed by atoms with E-state index in [1.807, 2.05) is 6.92 Å². The van der Waals surface area contributed by atoms with Crippen LogP contribution in [0.4, 0.5) is 0 Å². The van der Waals surface area contributed by atoms with Crippen molar-refractivity contribution >= 4 is 28.9 Å². The van der Waals surface area contributed by atoms with Gasteiger partial charge in [-0.25, -0.2) is 0 Å². The van der Waals surface area contributed by atoms with Crippen LogP contribution in [0.2, 0.25) is 0 Å². The fraction of sp³-hybridized carbons (Fsp3) is 0.605. The van der Waals surface area contributed by atoms with Crippen LogP contribution in [0.25, 0.3) is 0 Å². The quantitative estimate of drug-likeness (QED) is 0.310. The van der Waals surface area contributed by atoms with Crippen molar-refractivity contribution < 1.29 is 77.6 Å². The minimum Gasteiger partial charge on any atom is -0.507 e. The normalized spacial score (nSPS) is 42.4. The predicted octanol–water partition coefficient (Wildman–Crippen LogP) is 2.71. The smallest absolute Gasteiger partial charge is 0.198 e. The molecule has 59 heavy (non-hydrogen) atoms. The van der Waals surface area contributed by atoms with Crippen molar-refractivity contribution in [1.82, 2.24) is 0 Å². The maximum atomic E-state index is 14.2. The monoisotopic (exact) mass is 822 g/mol. The Hall–Kier alpha value is -3.81. The fourth-order valence-corrected chi connectivity index (χ4v) is 9.57. The van der Waals surface area contributed by atoms with E-state index >= 15 is 0 Å². The van der Waals surface area contributed by atoms with Crippen molar-refractivity contribution in [2.24, 2.45) is 0 Å². The number of Topliss-reactive ketones (excluding diaryl/α,β-unsaturated/α-hetero) is 4. The van der Waals surface area contributed by atoms with Crippen LogP contribution in [-0.4, -0.2) is 128 Å². The Morgan fingerprint density at radius 3 is 2.29 bits per heavy atom. The molecule has 4 aliphatic heterocycles. The number of carbonyl (C=O) groups excluding carboxylic acids is 5. The summed E-state index contributed by atoms with van der Waals surface area (Å²) < 4.78 is 42.0. The standard InChI is InChI=1S/C43H50O16/c1-19-26(44)8-11-32(54-19)57-29-10-13-33(56-21(29)3)58-40-22(4)53-30(16-28(40)46)23-6-7-24-35(37(23)48)38(49)25-14-15-42(51)18-41(5,59-34-12-9-27(45)20(2)55-34)17-31(47)43(42,52)36(25)39(24)50/h6-8,11,14-15,19-22,28-30,32-34,40,46,48,51-52H,9-10,12-13,16-18H2,1-5H3/t19-,20-,21-,22-,28-,29+,30-,32-,33+,34+,40-,41-,42-,43-/m0/s1. The molecular weight excluding hydrogens is 772 g/mol. The molecule has 7 aliphatic rings. The molecule has 1 aromatic carbocycles. The SMILES string of the molecule is C[C@@H]1O[C@@H](O[C@@H]2CC[C@@H](O[C@H]3[C@H](C)O[C@H](c4ccc5c(c4O)C(=O)C4=C(C5=O)[C@@]5(O)C(=O)C[C@](C)(O[C@@H]6CCC(=O)[C@H](C)O6)C[C@@]5(O)C=C4)C[C@@H]3O)O[C@H]2C)C=CC1=O. The number of allylic oxidation sites excluding steroid dienone is 2. The molecule has 318 valence electrons. The molecule has 0 bridgehead atoms. The van der Waals surface area contributed by atoms with Gasteiger partial charge in [0, 0.05) is 55.2 Å². The molecule has 3 saturated heterocycles. The van der Waals surface area contributed by atoms with Gasteiger partial charge in [-0.3, -0.25) is 24.0 Å². The Morgan fingerprint density at radius 1 is 0.831 bits per heavy atom. The number of aromatic hydroxyl groups is 1. The van der Waals surface area contributed by atoms with Crippen LogP contribution in [-0.2, 0) is 47.5 Å². The first kappa shape index (κ1) is 41.9. The lowest BCUT2D eigenvalue weighted by Gasteiger charge is -2.53. The van der Waals surface area contributed by atoms with E-state index in [0.29, 0.717) is 12.8 Å². The topological polar surface area (TPSA) is 231 Å². The van der Waals surface area contributed by atoms with Gasteiger partial charge in [-0.2, -0.15) is 0 Å². The average Bonchev–Trinajstić information content (AvgIpc) is 3.16. The third-order valence-corrected chi connectivity index (χ3v) is 12.7. The Bertz CT molecular complexity index is 2040. The molecule has 0 aromatic heterocycles. The molecule has 4 fully saturated rings. The molecular formula is C43H50O16. The van der Waals surface area contributed by atoms with Gasteiger partial charge >= 0.3 is 0 Å². The Labute approximate surface area is 340 Å². The summed E-state index contributed by atoms with van der Waals surface area (Å²) in [5, 5.41) is 47.0. The summed E-state index contributed by atoms with van der Waals surface area (Å²) in [6.07, 6.45) is -1.91. The van der Waals surface area contributed by atoms with Gasteiger partial charge in [0.05, 0.1) is 47.3 Å². The predicted molar refractivity (Wildman–Crippen MR) is 201 cm³/mol. The van der Waals surface area contributed by atoms with Gasteiger partial charge in [0.1, 0.15) is 29.7 Å². The van der Waals surface area contributed by atoms with Crippen LogP contribution >= 0.6 is 0 Å². The summed E-state index contributed by atoms with van der Waals surface area (Å²) in [4.78, 5) is 66.1. The van der Waals surface area contributed by atoms with Crippen LogP contribution in [0, 0.1) is 0 Å². The lowest BCUT2D eigenvalue weighted by Crippen LogP contribution is -2.69. The number of ketones is 5. The number of aliphatic hydroxyl groups is 3. The van der Waals surface area contributed by atoms with E-state index in [4.69, 9.17) is 33.2 Å². The number of rotatable bonds is 7. The van der Waals surface area contributed by atoms with Crippen molar-refractivity contribution in [3.8, 4) is 5.75 Å². The highest BCUT2D eigenvalue weighted by Gasteiger charge is 2.67. The molecule has 1 saturated carbocycles. The summed E-state index contributed by atoms with van der Waals surface area (Å²) in [7, 11) is 0.